The van der Waals surface area contributed by atoms with Crippen molar-refractivity contribution in [3.63, 3.8) is 0 Å². The molecular formula is C27H23ClN4O2. The minimum absolute atomic E-state index is 0.133. The van der Waals surface area contributed by atoms with Crippen molar-refractivity contribution in [2.24, 2.45) is 0 Å². The predicted molar refractivity (Wildman–Crippen MR) is 135 cm³/mol. The van der Waals surface area contributed by atoms with Crippen LogP contribution in [0, 0.1) is 0 Å². The van der Waals surface area contributed by atoms with Crippen molar-refractivity contribution in [1.82, 2.24) is 19.7 Å². The Morgan fingerprint density at radius 3 is 2.41 bits per heavy atom. The lowest BCUT2D eigenvalue weighted by Gasteiger charge is -2.10. The van der Waals surface area contributed by atoms with Crippen LogP contribution >= 0.6 is 11.6 Å². The number of hydrogen-bond donors (Lipinski definition) is 1. The van der Waals surface area contributed by atoms with E-state index in [2.05, 4.69) is 10.4 Å². The Hall–Kier alpha value is -3.90. The SMILES string of the molecule is O=C(Cn1ncc2c3ccccc3n(Cc3ccc(Cl)cc3)c2c1=O)NCCc1ccccc1. The molecule has 0 atom stereocenters. The van der Waals surface area contributed by atoms with Crippen LogP contribution < -0.4 is 10.9 Å². The number of carbonyl (C=O) groups is 1. The predicted octanol–water partition coefficient (Wildman–Crippen LogP) is 4.41. The van der Waals surface area contributed by atoms with Gasteiger partial charge in [0, 0.05) is 34.4 Å². The number of benzene rings is 3. The summed E-state index contributed by atoms with van der Waals surface area (Å²) in [4.78, 5) is 26.0. The normalized spacial score (nSPS) is 11.2. The highest BCUT2D eigenvalue weighted by Crippen LogP contribution is 2.27. The van der Waals surface area contributed by atoms with Gasteiger partial charge in [0.1, 0.15) is 12.1 Å². The molecule has 0 aliphatic rings. The van der Waals surface area contributed by atoms with Gasteiger partial charge in [-0.1, -0.05) is 72.3 Å². The lowest BCUT2D eigenvalue weighted by molar-refractivity contribution is -0.121. The Morgan fingerprint density at radius 2 is 1.62 bits per heavy atom. The van der Waals surface area contributed by atoms with E-state index < -0.39 is 0 Å². The Balaban J connectivity index is 1.44. The van der Waals surface area contributed by atoms with E-state index in [1.54, 1.807) is 6.20 Å². The average Bonchev–Trinajstić information content (AvgIpc) is 3.17. The third-order valence-corrected chi connectivity index (χ3v) is 6.15. The topological polar surface area (TPSA) is 68.9 Å². The maximum Gasteiger partial charge on any atom is 0.291 e. The van der Waals surface area contributed by atoms with Crippen LogP contribution in [0.1, 0.15) is 11.1 Å². The molecule has 7 heteroatoms. The second kappa shape index (κ2) is 9.53. The van der Waals surface area contributed by atoms with Gasteiger partial charge in [0.2, 0.25) is 5.91 Å². The van der Waals surface area contributed by atoms with E-state index in [1.807, 2.05) is 83.4 Å². The van der Waals surface area contributed by atoms with Gasteiger partial charge in [-0.2, -0.15) is 5.10 Å². The molecule has 34 heavy (non-hydrogen) atoms. The quantitative estimate of drug-likeness (QED) is 0.383. The molecule has 0 aliphatic heterocycles. The van der Waals surface area contributed by atoms with Gasteiger partial charge in [-0.3, -0.25) is 9.59 Å². The molecule has 0 spiro atoms. The number of aromatic nitrogens is 3. The zero-order valence-corrected chi connectivity index (χ0v) is 19.2. The van der Waals surface area contributed by atoms with Crippen molar-refractivity contribution in [2.75, 3.05) is 6.54 Å². The number of fused-ring (bicyclic) bond motifs is 3. The van der Waals surface area contributed by atoms with Crippen molar-refractivity contribution in [3.8, 4) is 0 Å². The second-order valence-corrected chi connectivity index (χ2v) is 8.62. The van der Waals surface area contributed by atoms with Crippen LogP contribution in [-0.2, 0) is 24.3 Å². The van der Waals surface area contributed by atoms with Crippen molar-refractivity contribution >= 4 is 39.3 Å². The van der Waals surface area contributed by atoms with E-state index in [0.717, 1.165) is 33.8 Å². The van der Waals surface area contributed by atoms with Crippen LogP contribution in [0.4, 0.5) is 0 Å². The number of halogens is 1. The minimum Gasteiger partial charge on any atom is -0.354 e. The van der Waals surface area contributed by atoms with Crippen molar-refractivity contribution in [2.45, 2.75) is 19.5 Å². The fourth-order valence-electron chi connectivity index (χ4n) is 4.23. The van der Waals surface area contributed by atoms with Gasteiger partial charge < -0.3 is 9.88 Å². The fraction of sp³-hybridized carbons (Fsp3) is 0.148. The third kappa shape index (κ3) is 4.45. The number of amides is 1. The van der Waals surface area contributed by atoms with Crippen molar-refractivity contribution < 1.29 is 4.79 Å². The first-order valence-corrected chi connectivity index (χ1v) is 11.5. The maximum absolute atomic E-state index is 13.5. The zero-order valence-electron chi connectivity index (χ0n) is 18.4. The van der Waals surface area contributed by atoms with Gasteiger partial charge in [0.25, 0.3) is 5.56 Å². The lowest BCUT2D eigenvalue weighted by Crippen LogP contribution is -2.35. The fourth-order valence-corrected chi connectivity index (χ4v) is 4.35. The van der Waals surface area contributed by atoms with E-state index in [4.69, 9.17) is 11.6 Å². The molecule has 1 amide bonds. The van der Waals surface area contributed by atoms with Gasteiger partial charge in [0.15, 0.2) is 0 Å². The third-order valence-electron chi connectivity index (χ3n) is 5.90. The molecule has 170 valence electrons. The Kier molecular flexibility index (Phi) is 6.14. The van der Waals surface area contributed by atoms with Gasteiger partial charge in [-0.05, 0) is 35.7 Å². The highest BCUT2D eigenvalue weighted by molar-refractivity contribution is 6.30. The van der Waals surface area contributed by atoms with E-state index in [9.17, 15) is 9.59 Å². The first-order valence-electron chi connectivity index (χ1n) is 11.1. The summed E-state index contributed by atoms with van der Waals surface area (Å²) in [5.74, 6) is -0.245. The van der Waals surface area contributed by atoms with Crippen LogP contribution in [-0.4, -0.2) is 26.8 Å². The number of rotatable bonds is 7. The van der Waals surface area contributed by atoms with Gasteiger partial charge >= 0.3 is 0 Å². The Labute approximate surface area is 201 Å². The summed E-state index contributed by atoms with van der Waals surface area (Å²) in [6.45, 7) is 0.867. The molecule has 6 nitrogen and oxygen atoms in total. The minimum atomic E-state index is -0.291. The maximum atomic E-state index is 13.5. The van der Waals surface area contributed by atoms with Crippen LogP contribution in [0.2, 0.25) is 5.02 Å². The number of nitrogens with one attached hydrogen (secondary N) is 1. The molecule has 0 bridgehead atoms. The smallest absolute Gasteiger partial charge is 0.291 e. The monoisotopic (exact) mass is 470 g/mol. The molecule has 0 unspecified atom stereocenters. The summed E-state index contributed by atoms with van der Waals surface area (Å²) in [6, 6.07) is 25.4. The van der Waals surface area contributed by atoms with E-state index in [0.29, 0.717) is 23.6 Å². The van der Waals surface area contributed by atoms with E-state index >= 15 is 0 Å². The largest absolute Gasteiger partial charge is 0.354 e. The number of para-hydroxylation sites is 1. The Morgan fingerprint density at radius 1 is 0.882 bits per heavy atom. The van der Waals surface area contributed by atoms with Crippen LogP contribution in [0.5, 0.6) is 0 Å². The number of carbonyl (C=O) groups excluding carboxylic acids is 1. The number of nitrogens with zero attached hydrogens (tertiary/aromatic N) is 3. The van der Waals surface area contributed by atoms with Gasteiger partial charge in [0.05, 0.1) is 6.20 Å². The standard InChI is InChI=1S/C27H23ClN4O2/c28-21-12-10-20(11-13-21)17-31-24-9-5-4-8-22(24)23-16-30-32(27(34)26(23)31)18-25(33)29-15-14-19-6-2-1-3-7-19/h1-13,16H,14-15,17-18H2,(H,29,33). The molecule has 0 saturated heterocycles. The molecule has 1 N–H and O–H groups in total. The van der Waals surface area contributed by atoms with Crippen molar-refractivity contribution in [3.05, 3.63) is 112 Å². The molecule has 5 rings (SSSR count). The molecule has 0 aliphatic carbocycles. The first-order chi connectivity index (χ1) is 16.6. The lowest BCUT2D eigenvalue weighted by atomic mass is 10.1. The first kappa shape index (κ1) is 21.9. The molecule has 2 heterocycles. The highest BCUT2D eigenvalue weighted by atomic mass is 35.5. The Bertz CT molecular complexity index is 1520. The van der Waals surface area contributed by atoms with Crippen LogP contribution in [0.25, 0.3) is 21.8 Å². The van der Waals surface area contributed by atoms with Crippen molar-refractivity contribution in [1.29, 1.82) is 0 Å². The molecular weight excluding hydrogens is 448 g/mol. The van der Waals surface area contributed by atoms with Gasteiger partial charge in [-0.25, -0.2) is 4.68 Å². The van der Waals surface area contributed by atoms with E-state index in [-0.39, 0.29) is 18.0 Å². The van der Waals surface area contributed by atoms with Crippen LogP contribution in [0.15, 0.2) is 89.9 Å². The highest BCUT2D eigenvalue weighted by Gasteiger charge is 2.17. The summed E-state index contributed by atoms with van der Waals surface area (Å²) in [5.41, 5.74) is 3.35. The summed E-state index contributed by atoms with van der Waals surface area (Å²) < 4.78 is 3.22. The summed E-state index contributed by atoms with van der Waals surface area (Å²) >= 11 is 6.04. The molecule has 3 aromatic carbocycles. The summed E-state index contributed by atoms with van der Waals surface area (Å²) in [5, 5.41) is 9.58. The molecule has 2 aromatic heterocycles. The molecule has 0 fully saturated rings. The van der Waals surface area contributed by atoms with E-state index in [1.165, 1.54) is 4.68 Å². The van der Waals surface area contributed by atoms with Crippen LogP contribution in [0.3, 0.4) is 0 Å². The number of hydrogen-bond acceptors (Lipinski definition) is 3. The molecule has 0 saturated carbocycles. The average molecular weight is 471 g/mol. The molecule has 5 aromatic rings. The zero-order chi connectivity index (χ0) is 23.5. The van der Waals surface area contributed by atoms with Gasteiger partial charge in [-0.15, -0.1) is 0 Å². The second-order valence-electron chi connectivity index (χ2n) is 8.18. The summed E-state index contributed by atoms with van der Waals surface area (Å²) in [6.07, 6.45) is 2.40. The molecule has 0 radical (unpaired) electrons. The summed E-state index contributed by atoms with van der Waals surface area (Å²) in [7, 11) is 0.